The highest BCUT2D eigenvalue weighted by atomic mass is 79.9. The first-order valence-corrected chi connectivity index (χ1v) is 7.62. The Morgan fingerprint density at radius 3 is 2.95 bits per heavy atom. The van der Waals surface area contributed by atoms with Crippen LogP contribution < -0.4 is 10.2 Å². The summed E-state index contributed by atoms with van der Waals surface area (Å²) in [6.07, 6.45) is 0.190. The molecule has 1 N–H and O–H groups in total. The van der Waals surface area contributed by atoms with E-state index in [2.05, 4.69) is 26.4 Å². The number of anilines is 2. The molecule has 0 aliphatic carbocycles. The molecule has 1 saturated heterocycles. The van der Waals surface area contributed by atoms with Crippen molar-refractivity contribution < 1.29 is 14.1 Å². The van der Waals surface area contributed by atoms with E-state index in [1.165, 1.54) is 0 Å². The lowest BCUT2D eigenvalue weighted by Crippen LogP contribution is -2.28. The minimum Gasteiger partial charge on any atom is -0.360 e. The van der Waals surface area contributed by atoms with Gasteiger partial charge < -0.3 is 14.7 Å². The summed E-state index contributed by atoms with van der Waals surface area (Å²) in [6.45, 7) is 2.11. The third kappa shape index (κ3) is 3.04. The van der Waals surface area contributed by atoms with E-state index in [0.717, 1.165) is 10.2 Å². The third-order valence-corrected chi connectivity index (χ3v) is 3.99. The van der Waals surface area contributed by atoms with Gasteiger partial charge in [-0.3, -0.25) is 9.59 Å². The van der Waals surface area contributed by atoms with Gasteiger partial charge in [0.25, 0.3) is 0 Å². The monoisotopic (exact) mass is 363 g/mol. The molecule has 7 heteroatoms. The number of benzene rings is 1. The number of carbonyl (C=O) groups is 2. The van der Waals surface area contributed by atoms with Crippen LogP contribution in [0.2, 0.25) is 0 Å². The largest absolute Gasteiger partial charge is 0.360 e. The smallest absolute Gasteiger partial charge is 0.231 e. The lowest BCUT2D eigenvalue weighted by atomic mass is 10.1. The topological polar surface area (TPSA) is 75.4 Å². The maximum atomic E-state index is 12.2. The zero-order valence-electron chi connectivity index (χ0n) is 11.9. The van der Waals surface area contributed by atoms with Crippen LogP contribution in [0, 0.1) is 12.8 Å². The summed E-state index contributed by atoms with van der Waals surface area (Å²) in [7, 11) is 0. The number of nitrogens with zero attached hydrogens (tertiary/aromatic N) is 2. The molecule has 1 fully saturated rings. The Balaban J connectivity index is 1.70. The van der Waals surface area contributed by atoms with Crippen molar-refractivity contribution in [1.29, 1.82) is 0 Å². The number of halogens is 1. The van der Waals surface area contributed by atoms with Crippen molar-refractivity contribution >= 4 is 39.2 Å². The fraction of sp³-hybridized carbons (Fsp3) is 0.267. The quantitative estimate of drug-likeness (QED) is 0.909. The molecule has 2 heterocycles. The van der Waals surface area contributed by atoms with Crippen LogP contribution in [0.1, 0.15) is 12.2 Å². The van der Waals surface area contributed by atoms with E-state index in [1.807, 2.05) is 24.3 Å². The number of rotatable bonds is 3. The zero-order valence-corrected chi connectivity index (χ0v) is 13.5. The van der Waals surface area contributed by atoms with Gasteiger partial charge in [-0.15, -0.1) is 0 Å². The highest BCUT2D eigenvalue weighted by Crippen LogP contribution is 2.27. The summed E-state index contributed by atoms with van der Waals surface area (Å²) >= 11 is 3.38. The maximum absolute atomic E-state index is 12.2. The summed E-state index contributed by atoms with van der Waals surface area (Å²) in [5.74, 6) is 0.307. The number of amides is 2. The Hall–Kier alpha value is -2.15. The molecular formula is C15H14BrN3O3. The molecule has 3 rings (SSSR count). The fourth-order valence-corrected chi connectivity index (χ4v) is 2.82. The predicted octanol–water partition coefficient (Wildman–Crippen LogP) is 2.74. The van der Waals surface area contributed by atoms with Crippen LogP contribution in [0.5, 0.6) is 0 Å². The zero-order chi connectivity index (χ0) is 15.7. The van der Waals surface area contributed by atoms with Crippen molar-refractivity contribution in [1.82, 2.24) is 5.16 Å². The van der Waals surface area contributed by atoms with E-state index < -0.39 is 5.92 Å². The lowest BCUT2D eigenvalue weighted by Gasteiger charge is -2.16. The number of nitrogens with one attached hydrogen (secondary N) is 1. The molecule has 2 aromatic rings. The van der Waals surface area contributed by atoms with Crippen LogP contribution >= 0.6 is 15.9 Å². The summed E-state index contributed by atoms with van der Waals surface area (Å²) < 4.78 is 5.80. The van der Waals surface area contributed by atoms with Gasteiger partial charge in [0.05, 0.1) is 5.92 Å². The maximum Gasteiger partial charge on any atom is 0.231 e. The van der Waals surface area contributed by atoms with E-state index in [-0.39, 0.29) is 18.2 Å². The SMILES string of the molecule is Cc1cc(NC(=O)C2CC(=O)N(c3cccc(Br)c3)C2)no1. The molecule has 1 aromatic carbocycles. The van der Waals surface area contributed by atoms with Gasteiger partial charge in [-0.1, -0.05) is 27.2 Å². The average Bonchev–Trinajstić information content (AvgIpc) is 3.05. The Labute approximate surface area is 135 Å². The minimum atomic E-state index is -0.400. The van der Waals surface area contributed by atoms with E-state index in [1.54, 1.807) is 17.9 Å². The Morgan fingerprint density at radius 1 is 1.45 bits per heavy atom. The number of aryl methyl sites for hydroxylation is 1. The molecule has 2 amide bonds. The summed E-state index contributed by atoms with van der Waals surface area (Å²) in [5, 5.41) is 6.40. The Kier molecular flexibility index (Phi) is 3.98. The molecular weight excluding hydrogens is 350 g/mol. The molecule has 114 valence electrons. The predicted molar refractivity (Wildman–Crippen MR) is 84.5 cm³/mol. The molecule has 0 radical (unpaired) electrons. The molecule has 1 aromatic heterocycles. The number of hydrogen-bond acceptors (Lipinski definition) is 4. The molecule has 1 unspecified atom stereocenters. The minimum absolute atomic E-state index is 0.0606. The van der Waals surface area contributed by atoms with Gasteiger partial charge in [0.2, 0.25) is 11.8 Å². The molecule has 0 bridgehead atoms. The van der Waals surface area contributed by atoms with Crippen molar-refractivity contribution in [2.24, 2.45) is 5.92 Å². The number of hydrogen-bond donors (Lipinski definition) is 1. The number of carbonyl (C=O) groups excluding carboxylic acids is 2. The van der Waals surface area contributed by atoms with Gasteiger partial charge >= 0.3 is 0 Å². The second-order valence-corrected chi connectivity index (χ2v) is 6.11. The highest BCUT2D eigenvalue weighted by molar-refractivity contribution is 9.10. The van der Waals surface area contributed by atoms with Gasteiger partial charge in [0.1, 0.15) is 5.76 Å². The van der Waals surface area contributed by atoms with E-state index in [4.69, 9.17) is 4.52 Å². The van der Waals surface area contributed by atoms with Gasteiger partial charge in [-0.2, -0.15) is 0 Å². The molecule has 1 aliphatic rings. The van der Waals surface area contributed by atoms with Crippen LogP contribution in [0.25, 0.3) is 0 Å². The molecule has 1 atom stereocenters. The van der Waals surface area contributed by atoms with Gasteiger partial charge in [0, 0.05) is 29.2 Å². The summed E-state index contributed by atoms with van der Waals surface area (Å²) in [5.41, 5.74) is 0.784. The van der Waals surface area contributed by atoms with Crippen LogP contribution in [0.3, 0.4) is 0 Å². The second-order valence-electron chi connectivity index (χ2n) is 5.20. The Morgan fingerprint density at radius 2 is 2.27 bits per heavy atom. The van der Waals surface area contributed by atoms with Gasteiger partial charge in [-0.25, -0.2) is 0 Å². The summed E-state index contributed by atoms with van der Waals surface area (Å²) in [4.78, 5) is 26.0. The number of aromatic nitrogens is 1. The van der Waals surface area contributed by atoms with Crippen LogP contribution in [-0.2, 0) is 9.59 Å². The average molecular weight is 364 g/mol. The van der Waals surface area contributed by atoms with Crippen LogP contribution in [0.4, 0.5) is 11.5 Å². The second kappa shape index (κ2) is 5.92. The Bertz CT molecular complexity index is 728. The molecule has 1 aliphatic heterocycles. The normalized spacial score (nSPS) is 17.8. The van der Waals surface area contributed by atoms with Gasteiger partial charge in [-0.05, 0) is 25.1 Å². The third-order valence-electron chi connectivity index (χ3n) is 3.49. The molecule has 0 saturated carbocycles. The van der Waals surface area contributed by atoms with E-state index >= 15 is 0 Å². The molecule has 22 heavy (non-hydrogen) atoms. The van der Waals surface area contributed by atoms with Gasteiger partial charge in [0.15, 0.2) is 5.82 Å². The fourth-order valence-electron chi connectivity index (χ4n) is 2.43. The van der Waals surface area contributed by atoms with Crippen molar-refractivity contribution in [3.63, 3.8) is 0 Å². The molecule has 0 spiro atoms. The first-order chi connectivity index (χ1) is 10.5. The van der Waals surface area contributed by atoms with Crippen molar-refractivity contribution in [3.05, 3.63) is 40.6 Å². The standard InChI is InChI=1S/C15H14BrN3O3/c1-9-5-13(18-22-9)17-15(21)10-6-14(20)19(8-10)12-4-2-3-11(16)7-12/h2-5,7,10H,6,8H2,1H3,(H,17,18,21). The summed E-state index contributed by atoms with van der Waals surface area (Å²) in [6, 6.07) is 9.10. The first-order valence-electron chi connectivity index (χ1n) is 6.83. The first kappa shape index (κ1) is 14.8. The van der Waals surface area contributed by atoms with Crippen molar-refractivity contribution in [3.8, 4) is 0 Å². The highest BCUT2D eigenvalue weighted by Gasteiger charge is 2.35. The van der Waals surface area contributed by atoms with Crippen LogP contribution in [0.15, 0.2) is 39.3 Å². The van der Waals surface area contributed by atoms with Crippen molar-refractivity contribution in [2.75, 3.05) is 16.8 Å². The van der Waals surface area contributed by atoms with E-state index in [9.17, 15) is 9.59 Å². The van der Waals surface area contributed by atoms with Crippen molar-refractivity contribution in [2.45, 2.75) is 13.3 Å². The van der Waals surface area contributed by atoms with E-state index in [0.29, 0.717) is 18.1 Å². The lowest BCUT2D eigenvalue weighted by molar-refractivity contribution is -0.122. The van der Waals surface area contributed by atoms with Crippen LogP contribution in [-0.4, -0.2) is 23.5 Å². The molecule has 6 nitrogen and oxygen atoms in total.